The van der Waals surface area contributed by atoms with E-state index in [9.17, 15) is 0 Å². The van der Waals surface area contributed by atoms with Crippen LogP contribution in [-0.2, 0) is 0 Å². The van der Waals surface area contributed by atoms with Gasteiger partial charge in [-0.1, -0.05) is 162 Å². The third-order valence-electron chi connectivity index (χ3n) is 9.92. The summed E-state index contributed by atoms with van der Waals surface area (Å²) in [5.74, 6) is 1.07. The minimum atomic E-state index is -0.357. The molecular weight excluding hydrogens is 533 g/mol. The van der Waals surface area contributed by atoms with Crippen molar-refractivity contribution in [1.29, 1.82) is 0 Å². The Morgan fingerprint density at radius 2 is 0.884 bits per heavy atom. The van der Waals surface area contributed by atoms with Crippen LogP contribution in [0.25, 0.3) is 34.4 Å². The number of fused-ring (bicyclic) bond motifs is 2. The lowest BCUT2D eigenvalue weighted by Gasteiger charge is -2.30. The van der Waals surface area contributed by atoms with E-state index in [1.807, 2.05) is 0 Å². The quantitative estimate of drug-likeness (QED) is 0.199. The molecule has 0 nitrogen and oxygen atoms in total. The van der Waals surface area contributed by atoms with Crippen LogP contribution >= 0.6 is 0 Å². The second kappa shape index (κ2) is 11.3. The van der Waals surface area contributed by atoms with Crippen molar-refractivity contribution in [3.8, 4) is 22.3 Å². The van der Waals surface area contributed by atoms with Gasteiger partial charge in [0.15, 0.2) is 0 Å². The normalized spacial score (nSPS) is 18.1. The molecule has 0 heterocycles. The lowest BCUT2D eigenvalue weighted by Crippen LogP contribution is -2.18. The van der Waals surface area contributed by atoms with Crippen LogP contribution in [-0.4, -0.2) is 9.52 Å². The van der Waals surface area contributed by atoms with Crippen LogP contribution in [0.2, 0.25) is 12.1 Å². The molecule has 0 aliphatic heterocycles. The summed E-state index contributed by atoms with van der Waals surface area (Å²) >= 11 is 0. The Balaban J connectivity index is 1.33. The van der Waals surface area contributed by atoms with Gasteiger partial charge in [0.2, 0.25) is 0 Å². The molecule has 0 saturated carbocycles. The highest BCUT2D eigenvalue weighted by Crippen LogP contribution is 2.52. The Bertz CT molecular complexity index is 1580. The lowest BCUT2D eigenvalue weighted by molar-refractivity contribution is 0.475. The van der Waals surface area contributed by atoms with Crippen molar-refractivity contribution in [2.75, 3.05) is 0 Å². The molecule has 6 rings (SSSR count). The highest BCUT2D eigenvalue weighted by molar-refractivity contribution is 6.36. The highest BCUT2D eigenvalue weighted by atomic mass is 28.2. The zero-order valence-corrected chi connectivity index (χ0v) is 28.9. The Morgan fingerprint density at radius 1 is 0.512 bits per heavy atom. The zero-order valence-electron chi connectivity index (χ0n) is 27.5. The van der Waals surface area contributed by atoms with Crippen molar-refractivity contribution in [3.05, 3.63) is 129 Å². The number of benzene rings is 4. The Hall–Kier alpha value is -3.42. The van der Waals surface area contributed by atoms with Gasteiger partial charge >= 0.3 is 0 Å². The SMILES string of the molecule is Cc1ccc2c(c1-c1ccccc1)C=C(C(C)(C)C)C2C[SiH2]CC1C(C(C)(C)C)=Cc2c1ccc(C)c2-c1ccccc1. The van der Waals surface area contributed by atoms with Gasteiger partial charge in [0.05, 0.1) is 0 Å². The molecule has 0 bridgehead atoms. The minimum absolute atomic E-state index is 0.151. The van der Waals surface area contributed by atoms with Crippen LogP contribution in [0.1, 0.15) is 86.8 Å². The van der Waals surface area contributed by atoms with Crippen molar-refractivity contribution < 1.29 is 0 Å². The number of aryl methyl sites for hydroxylation is 2. The van der Waals surface area contributed by atoms with Gasteiger partial charge in [-0.15, -0.1) is 0 Å². The molecule has 2 unspecified atom stereocenters. The maximum atomic E-state index is 2.57. The first-order valence-electron chi connectivity index (χ1n) is 16.3. The molecular formula is C42H48Si. The van der Waals surface area contributed by atoms with Crippen LogP contribution in [0.15, 0.2) is 96.1 Å². The van der Waals surface area contributed by atoms with Gasteiger partial charge in [0.1, 0.15) is 0 Å². The van der Waals surface area contributed by atoms with Crippen molar-refractivity contribution >= 4 is 21.7 Å². The van der Waals surface area contributed by atoms with Crippen LogP contribution in [0.5, 0.6) is 0 Å². The molecule has 0 fully saturated rings. The Kier molecular flexibility index (Phi) is 7.76. The van der Waals surface area contributed by atoms with E-state index in [1.54, 1.807) is 22.3 Å². The van der Waals surface area contributed by atoms with Crippen LogP contribution in [0, 0.1) is 24.7 Å². The monoisotopic (exact) mass is 580 g/mol. The number of allylic oxidation sites excluding steroid dienone is 2. The largest absolute Gasteiger partial charge is 0.0622 e. The van der Waals surface area contributed by atoms with Gasteiger partial charge in [-0.25, -0.2) is 0 Å². The van der Waals surface area contributed by atoms with E-state index in [2.05, 4.69) is 152 Å². The average Bonchev–Trinajstić information content (AvgIpc) is 3.53. The topological polar surface area (TPSA) is 0 Å². The molecule has 2 aliphatic rings. The molecule has 0 amide bonds. The van der Waals surface area contributed by atoms with E-state index in [0.717, 1.165) is 0 Å². The van der Waals surface area contributed by atoms with E-state index in [4.69, 9.17) is 0 Å². The fourth-order valence-corrected chi connectivity index (χ4v) is 10.2. The molecule has 43 heavy (non-hydrogen) atoms. The smallest absolute Gasteiger partial charge is 0.0218 e. The predicted molar refractivity (Wildman–Crippen MR) is 192 cm³/mol. The molecule has 1 heteroatoms. The maximum Gasteiger partial charge on any atom is 0.0218 e. The summed E-state index contributed by atoms with van der Waals surface area (Å²) < 4.78 is 0. The van der Waals surface area contributed by atoms with E-state index >= 15 is 0 Å². The first-order valence-corrected chi connectivity index (χ1v) is 18.3. The number of hydrogen-bond donors (Lipinski definition) is 0. The van der Waals surface area contributed by atoms with Crippen LogP contribution < -0.4 is 0 Å². The van der Waals surface area contributed by atoms with Crippen molar-refractivity contribution in [3.63, 3.8) is 0 Å². The summed E-state index contributed by atoms with van der Waals surface area (Å²) in [6, 6.07) is 34.3. The van der Waals surface area contributed by atoms with E-state index in [-0.39, 0.29) is 20.3 Å². The highest BCUT2D eigenvalue weighted by Gasteiger charge is 2.36. The van der Waals surface area contributed by atoms with Gasteiger partial charge in [0, 0.05) is 21.4 Å². The van der Waals surface area contributed by atoms with E-state index in [0.29, 0.717) is 11.8 Å². The molecule has 2 atom stereocenters. The van der Waals surface area contributed by atoms with Gasteiger partial charge in [-0.3, -0.25) is 0 Å². The van der Waals surface area contributed by atoms with Crippen molar-refractivity contribution in [2.45, 2.75) is 79.3 Å². The molecule has 0 saturated heterocycles. The maximum absolute atomic E-state index is 2.57. The molecule has 4 aromatic carbocycles. The zero-order chi connectivity index (χ0) is 30.5. The molecule has 0 radical (unpaired) electrons. The summed E-state index contributed by atoms with van der Waals surface area (Å²) in [7, 11) is -0.357. The van der Waals surface area contributed by atoms with Crippen LogP contribution in [0.4, 0.5) is 0 Å². The molecule has 0 spiro atoms. The molecule has 2 aliphatic carbocycles. The molecule has 4 aromatic rings. The summed E-state index contributed by atoms with van der Waals surface area (Å²) in [6.45, 7) is 19.0. The standard InChI is InChI=1S/C42H48Si/c1-27-19-21-31-33(39(27)29-15-11-9-12-16-29)23-37(41(3,4)5)35(31)25-43-26-36-32-22-20-28(2)40(30-17-13-10-14-18-30)34(32)24-38(36)42(6,7)8/h9-24,35-36H,25-26,43H2,1-8H3. The van der Waals surface area contributed by atoms with Gasteiger partial charge < -0.3 is 0 Å². The first kappa shape index (κ1) is 29.6. The summed E-state index contributed by atoms with van der Waals surface area (Å²) in [4.78, 5) is 0. The van der Waals surface area contributed by atoms with Gasteiger partial charge in [-0.2, -0.15) is 0 Å². The fourth-order valence-electron chi connectivity index (χ4n) is 7.86. The second-order valence-electron chi connectivity index (χ2n) is 15.0. The second-order valence-corrected chi connectivity index (χ2v) is 16.9. The Morgan fingerprint density at radius 3 is 1.23 bits per heavy atom. The van der Waals surface area contributed by atoms with Crippen molar-refractivity contribution in [2.24, 2.45) is 10.8 Å². The third kappa shape index (κ3) is 5.53. The predicted octanol–water partition coefficient (Wildman–Crippen LogP) is 11.4. The molecule has 0 aromatic heterocycles. The molecule has 0 N–H and O–H groups in total. The lowest BCUT2D eigenvalue weighted by atomic mass is 9.79. The number of rotatable bonds is 6. The third-order valence-corrected chi connectivity index (χ3v) is 11.9. The summed E-state index contributed by atoms with van der Waals surface area (Å²) in [6.07, 6.45) is 5.15. The van der Waals surface area contributed by atoms with Crippen LogP contribution in [0.3, 0.4) is 0 Å². The first-order chi connectivity index (χ1) is 20.4. The summed E-state index contributed by atoms with van der Waals surface area (Å²) in [5.41, 5.74) is 17.9. The summed E-state index contributed by atoms with van der Waals surface area (Å²) in [5, 5.41) is 0. The minimum Gasteiger partial charge on any atom is -0.0622 e. The Labute approximate surface area is 262 Å². The van der Waals surface area contributed by atoms with Gasteiger partial charge in [-0.05, 0) is 80.3 Å². The number of hydrogen-bond acceptors (Lipinski definition) is 0. The molecule has 220 valence electrons. The van der Waals surface area contributed by atoms with E-state index in [1.165, 1.54) is 56.6 Å². The van der Waals surface area contributed by atoms with E-state index < -0.39 is 0 Å². The fraction of sp³-hybridized carbons (Fsp3) is 0.333. The van der Waals surface area contributed by atoms with Crippen molar-refractivity contribution in [1.82, 2.24) is 0 Å². The average molecular weight is 581 g/mol. The van der Waals surface area contributed by atoms with Gasteiger partial charge in [0.25, 0.3) is 0 Å².